The van der Waals surface area contributed by atoms with Crippen molar-refractivity contribution >= 4 is 17.6 Å². The van der Waals surface area contributed by atoms with Crippen LogP contribution in [-0.2, 0) is 0 Å². The molecule has 0 amide bonds. The first-order chi connectivity index (χ1) is 13.0. The Labute approximate surface area is 164 Å². The Morgan fingerprint density at radius 2 is 1.59 bits per heavy atom. The minimum atomic E-state index is 0.352. The summed E-state index contributed by atoms with van der Waals surface area (Å²) >= 11 is 0. The zero-order chi connectivity index (χ0) is 19.6. The number of rotatable bonds is 5. The molecule has 2 aromatic carbocycles. The first kappa shape index (κ1) is 20.8. The van der Waals surface area contributed by atoms with Gasteiger partial charge in [-0.3, -0.25) is 0 Å². The maximum Gasteiger partial charge on any atom is 0.233 e. The van der Waals surface area contributed by atoms with E-state index >= 15 is 0 Å². The smallest absolute Gasteiger partial charge is 0.233 e. The SMILES string of the molecule is CC(C)c1cnc[nH]1.Cc1ccccc1B(C=CC(C)C)c1ccccc1. The molecule has 0 aliphatic heterocycles. The summed E-state index contributed by atoms with van der Waals surface area (Å²) in [7, 11) is 0. The van der Waals surface area contributed by atoms with Crippen molar-refractivity contribution in [2.75, 3.05) is 0 Å². The van der Waals surface area contributed by atoms with Crippen molar-refractivity contribution in [2.24, 2.45) is 5.92 Å². The molecule has 1 heterocycles. The number of imidazole rings is 1. The van der Waals surface area contributed by atoms with E-state index in [1.807, 2.05) is 6.20 Å². The summed E-state index contributed by atoms with van der Waals surface area (Å²) < 4.78 is 0. The van der Waals surface area contributed by atoms with E-state index in [1.165, 1.54) is 22.2 Å². The van der Waals surface area contributed by atoms with Gasteiger partial charge in [-0.1, -0.05) is 105 Å². The predicted molar refractivity (Wildman–Crippen MR) is 119 cm³/mol. The molecular weight excluding hydrogens is 327 g/mol. The van der Waals surface area contributed by atoms with Crippen molar-refractivity contribution in [3.63, 3.8) is 0 Å². The Bertz CT molecular complexity index is 805. The summed E-state index contributed by atoms with van der Waals surface area (Å²) in [4.78, 5) is 6.91. The summed E-state index contributed by atoms with van der Waals surface area (Å²) in [5.41, 5.74) is 5.30. The van der Waals surface area contributed by atoms with Crippen LogP contribution in [0.3, 0.4) is 0 Å². The number of hydrogen-bond acceptors (Lipinski definition) is 1. The average Bonchev–Trinajstić information content (AvgIpc) is 3.20. The van der Waals surface area contributed by atoms with Crippen LogP contribution in [0.5, 0.6) is 0 Å². The topological polar surface area (TPSA) is 28.7 Å². The van der Waals surface area contributed by atoms with E-state index in [1.54, 1.807) is 6.33 Å². The largest absolute Gasteiger partial charge is 0.348 e. The first-order valence-electron chi connectivity index (χ1n) is 9.76. The molecule has 140 valence electrons. The molecular formula is C24H31BN2. The average molecular weight is 358 g/mol. The fourth-order valence-corrected chi connectivity index (χ4v) is 2.91. The molecule has 0 bridgehead atoms. The highest BCUT2D eigenvalue weighted by molar-refractivity contribution is 6.89. The van der Waals surface area contributed by atoms with E-state index in [0.717, 1.165) is 0 Å². The molecule has 3 aromatic rings. The lowest BCUT2D eigenvalue weighted by Crippen LogP contribution is -2.42. The summed E-state index contributed by atoms with van der Waals surface area (Å²) in [6.07, 6.45) is 5.85. The number of benzene rings is 2. The van der Waals surface area contributed by atoms with Gasteiger partial charge in [0, 0.05) is 11.9 Å². The van der Waals surface area contributed by atoms with E-state index in [9.17, 15) is 0 Å². The van der Waals surface area contributed by atoms with Crippen LogP contribution in [0.25, 0.3) is 0 Å². The molecule has 0 saturated carbocycles. The molecule has 0 atom stereocenters. The quantitative estimate of drug-likeness (QED) is 0.647. The Kier molecular flexibility index (Phi) is 8.13. The zero-order valence-electron chi connectivity index (χ0n) is 17.2. The van der Waals surface area contributed by atoms with Gasteiger partial charge in [0.2, 0.25) is 6.71 Å². The number of aromatic amines is 1. The maximum atomic E-state index is 3.89. The van der Waals surface area contributed by atoms with E-state index < -0.39 is 0 Å². The molecule has 1 aromatic heterocycles. The lowest BCUT2D eigenvalue weighted by atomic mass is 9.40. The van der Waals surface area contributed by atoms with E-state index in [2.05, 4.69) is 111 Å². The van der Waals surface area contributed by atoms with E-state index in [0.29, 0.717) is 18.5 Å². The third-order valence-corrected chi connectivity index (χ3v) is 4.51. The Morgan fingerprint density at radius 1 is 0.926 bits per heavy atom. The van der Waals surface area contributed by atoms with Gasteiger partial charge in [0.25, 0.3) is 0 Å². The molecule has 0 aliphatic rings. The van der Waals surface area contributed by atoms with Crippen LogP contribution in [-0.4, -0.2) is 16.7 Å². The van der Waals surface area contributed by atoms with Crippen LogP contribution in [0.15, 0.2) is 79.2 Å². The normalized spacial score (nSPS) is 10.9. The van der Waals surface area contributed by atoms with Crippen molar-refractivity contribution in [1.82, 2.24) is 9.97 Å². The molecule has 27 heavy (non-hydrogen) atoms. The molecule has 2 nitrogen and oxygen atoms in total. The van der Waals surface area contributed by atoms with Crippen LogP contribution in [0, 0.1) is 12.8 Å². The third-order valence-electron chi connectivity index (χ3n) is 4.51. The molecule has 0 saturated heterocycles. The van der Waals surface area contributed by atoms with Crippen molar-refractivity contribution in [3.05, 3.63) is 90.4 Å². The Morgan fingerprint density at radius 3 is 2.11 bits per heavy atom. The molecule has 3 heteroatoms. The van der Waals surface area contributed by atoms with Gasteiger partial charge in [-0.2, -0.15) is 0 Å². The summed E-state index contributed by atoms with van der Waals surface area (Å²) in [5.74, 6) is 3.48. The molecule has 1 N–H and O–H groups in total. The monoisotopic (exact) mass is 358 g/mol. The number of aryl methyl sites for hydroxylation is 1. The molecule has 0 aliphatic carbocycles. The molecule has 0 unspecified atom stereocenters. The van der Waals surface area contributed by atoms with Crippen molar-refractivity contribution in [1.29, 1.82) is 0 Å². The third kappa shape index (κ3) is 6.60. The van der Waals surface area contributed by atoms with Crippen LogP contribution in [0.2, 0.25) is 0 Å². The van der Waals surface area contributed by atoms with Crippen molar-refractivity contribution in [3.8, 4) is 0 Å². The van der Waals surface area contributed by atoms with Gasteiger partial charge in [-0.25, -0.2) is 4.98 Å². The lowest BCUT2D eigenvalue weighted by Gasteiger charge is -2.13. The van der Waals surface area contributed by atoms with Crippen LogP contribution in [0.4, 0.5) is 0 Å². The minimum Gasteiger partial charge on any atom is -0.348 e. The zero-order valence-corrected chi connectivity index (χ0v) is 17.2. The summed E-state index contributed by atoms with van der Waals surface area (Å²) in [5, 5.41) is 0. The second-order valence-electron chi connectivity index (χ2n) is 7.54. The number of aromatic nitrogens is 2. The number of allylic oxidation sites excluding steroid dienone is 1. The molecule has 3 rings (SSSR count). The molecule has 0 fully saturated rings. The van der Waals surface area contributed by atoms with Crippen molar-refractivity contribution in [2.45, 2.75) is 40.5 Å². The summed E-state index contributed by atoms with van der Waals surface area (Å²) in [6.45, 7) is 11.2. The van der Waals surface area contributed by atoms with E-state index in [-0.39, 0.29) is 0 Å². The first-order valence-corrected chi connectivity index (χ1v) is 9.76. The maximum absolute atomic E-state index is 3.89. The fraction of sp³-hybridized carbons (Fsp3) is 0.292. The van der Waals surface area contributed by atoms with Gasteiger partial charge in [0.1, 0.15) is 0 Å². The number of nitrogens with one attached hydrogen (secondary N) is 1. The van der Waals surface area contributed by atoms with Gasteiger partial charge < -0.3 is 4.98 Å². The molecule has 0 spiro atoms. The van der Waals surface area contributed by atoms with Crippen molar-refractivity contribution < 1.29 is 0 Å². The van der Waals surface area contributed by atoms with Gasteiger partial charge in [-0.05, 0) is 18.8 Å². The fourth-order valence-electron chi connectivity index (χ4n) is 2.91. The number of H-pyrrole nitrogens is 1. The second-order valence-corrected chi connectivity index (χ2v) is 7.54. The van der Waals surface area contributed by atoms with Gasteiger partial charge in [-0.15, -0.1) is 5.98 Å². The van der Waals surface area contributed by atoms with Crippen LogP contribution < -0.4 is 10.9 Å². The highest BCUT2D eigenvalue weighted by atomic mass is 14.9. The van der Waals surface area contributed by atoms with Crippen LogP contribution in [0.1, 0.15) is 44.9 Å². The number of hydrogen-bond donors (Lipinski definition) is 1. The minimum absolute atomic E-state index is 0.352. The summed E-state index contributed by atoms with van der Waals surface area (Å²) in [6, 6.07) is 19.4. The standard InChI is InChI=1S/C18H21B.C6H10N2/c1-15(2)13-14-19(17-10-5-4-6-11-17)18-12-8-7-9-16(18)3;1-5(2)6-3-7-4-8-6/h4-15H,1-3H3;3-5H,1-2H3,(H,7,8). The lowest BCUT2D eigenvalue weighted by molar-refractivity contribution is 0.832. The number of nitrogens with zero attached hydrogens (tertiary/aromatic N) is 1. The van der Waals surface area contributed by atoms with Crippen LogP contribution >= 0.6 is 0 Å². The highest BCUT2D eigenvalue weighted by Gasteiger charge is 2.17. The predicted octanol–water partition coefficient (Wildman–Crippen LogP) is 4.89. The Hall–Kier alpha value is -2.55. The van der Waals surface area contributed by atoms with Gasteiger partial charge >= 0.3 is 0 Å². The highest BCUT2D eigenvalue weighted by Crippen LogP contribution is 2.07. The van der Waals surface area contributed by atoms with Gasteiger partial charge in [0.15, 0.2) is 0 Å². The molecule has 0 radical (unpaired) electrons. The Balaban J connectivity index is 0.000000273. The second kappa shape index (κ2) is 10.6. The van der Waals surface area contributed by atoms with Gasteiger partial charge in [0.05, 0.1) is 6.33 Å². The van der Waals surface area contributed by atoms with E-state index in [4.69, 9.17) is 0 Å².